The quantitative estimate of drug-likeness (QED) is 0.755. The van der Waals surface area contributed by atoms with Crippen LogP contribution in [0.15, 0.2) is 11.6 Å². The first-order valence-corrected chi connectivity index (χ1v) is 9.65. The van der Waals surface area contributed by atoms with Crippen LogP contribution in [-0.2, 0) is 0 Å². The van der Waals surface area contributed by atoms with Crippen molar-refractivity contribution in [2.75, 3.05) is 19.6 Å². The molecule has 4 heteroatoms. The average Bonchev–Trinajstić information content (AvgIpc) is 2.54. The second kappa shape index (κ2) is 6.12. The molecule has 0 aromatic rings. The van der Waals surface area contributed by atoms with Crippen molar-refractivity contribution in [1.82, 2.24) is 15.1 Å². The summed E-state index contributed by atoms with van der Waals surface area (Å²) in [5, 5.41) is 3.12. The average molecular weight is 317 g/mol. The van der Waals surface area contributed by atoms with E-state index in [1.165, 1.54) is 45.2 Å². The Hall–Kier alpha value is -1.03. The second-order valence-electron chi connectivity index (χ2n) is 8.31. The van der Waals surface area contributed by atoms with Gasteiger partial charge in [0.15, 0.2) is 0 Å². The molecule has 0 spiro atoms. The molecule has 3 aliphatic heterocycles. The number of carbonyl (C=O) groups is 1. The van der Waals surface area contributed by atoms with Gasteiger partial charge in [-0.3, -0.25) is 4.90 Å². The molecule has 1 aliphatic carbocycles. The second-order valence-corrected chi connectivity index (χ2v) is 8.31. The Kier molecular flexibility index (Phi) is 4.12. The van der Waals surface area contributed by atoms with Crippen LogP contribution in [0.2, 0.25) is 0 Å². The van der Waals surface area contributed by atoms with Crippen molar-refractivity contribution in [2.24, 2.45) is 11.8 Å². The molecule has 0 saturated carbocycles. The molecule has 3 saturated heterocycles. The summed E-state index contributed by atoms with van der Waals surface area (Å²) >= 11 is 0. The molecular formula is C19H31N3O. The van der Waals surface area contributed by atoms with Gasteiger partial charge in [0.2, 0.25) is 0 Å². The van der Waals surface area contributed by atoms with E-state index in [0.29, 0.717) is 12.0 Å². The zero-order chi connectivity index (χ0) is 16.0. The number of hydrogen-bond acceptors (Lipinski definition) is 2. The fraction of sp³-hybridized carbons (Fsp3) is 0.842. The first-order chi connectivity index (χ1) is 11.1. The highest BCUT2D eigenvalue weighted by Gasteiger charge is 2.46. The van der Waals surface area contributed by atoms with Crippen molar-refractivity contribution in [3.63, 3.8) is 0 Å². The fourth-order valence-electron chi connectivity index (χ4n) is 5.53. The highest BCUT2D eigenvalue weighted by atomic mass is 16.2. The van der Waals surface area contributed by atoms with E-state index in [0.717, 1.165) is 24.9 Å². The molecule has 2 unspecified atom stereocenters. The summed E-state index contributed by atoms with van der Waals surface area (Å²) in [7, 11) is 0. The molecule has 3 heterocycles. The molecule has 2 bridgehead atoms. The summed E-state index contributed by atoms with van der Waals surface area (Å²) in [6, 6.07) is 1.51. The zero-order valence-corrected chi connectivity index (χ0v) is 14.6. The van der Waals surface area contributed by atoms with E-state index in [2.05, 4.69) is 35.0 Å². The van der Waals surface area contributed by atoms with Gasteiger partial charge in [0.1, 0.15) is 0 Å². The van der Waals surface area contributed by atoms with Gasteiger partial charge in [0.25, 0.3) is 0 Å². The third-order valence-electron chi connectivity index (χ3n) is 6.33. The smallest absolute Gasteiger partial charge is 0.318 e. The van der Waals surface area contributed by atoms with E-state index < -0.39 is 0 Å². The summed E-state index contributed by atoms with van der Waals surface area (Å²) in [6.45, 7) is 7.49. The lowest BCUT2D eigenvalue weighted by atomic mass is 9.68. The number of carbonyl (C=O) groups excluding carboxylic acids is 1. The van der Waals surface area contributed by atoms with E-state index in [1.807, 2.05) is 0 Å². The predicted octanol–water partition coefficient (Wildman–Crippen LogP) is 3.00. The van der Waals surface area contributed by atoms with Crippen molar-refractivity contribution in [3.8, 4) is 0 Å². The summed E-state index contributed by atoms with van der Waals surface area (Å²) in [4.78, 5) is 17.6. The number of likely N-dealkylation sites (tertiary alicyclic amines) is 1. The molecule has 4 atom stereocenters. The lowest BCUT2D eigenvalue weighted by Crippen LogP contribution is -2.61. The number of piperidine rings is 3. The van der Waals surface area contributed by atoms with E-state index in [-0.39, 0.29) is 12.1 Å². The summed E-state index contributed by atoms with van der Waals surface area (Å²) < 4.78 is 0. The molecule has 4 nitrogen and oxygen atoms in total. The zero-order valence-electron chi connectivity index (χ0n) is 14.6. The van der Waals surface area contributed by atoms with Crippen molar-refractivity contribution in [2.45, 2.75) is 70.5 Å². The van der Waals surface area contributed by atoms with Crippen molar-refractivity contribution in [3.05, 3.63) is 11.6 Å². The normalized spacial score (nSPS) is 37.0. The molecular weight excluding hydrogens is 286 g/mol. The van der Waals surface area contributed by atoms with E-state index >= 15 is 0 Å². The fourth-order valence-corrected chi connectivity index (χ4v) is 5.53. The number of rotatable bonds is 1. The minimum Gasteiger partial charge on any atom is -0.336 e. The van der Waals surface area contributed by atoms with E-state index in [9.17, 15) is 4.79 Å². The van der Waals surface area contributed by atoms with Crippen LogP contribution >= 0.6 is 0 Å². The molecule has 3 fully saturated rings. The molecule has 2 amide bonds. The van der Waals surface area contributed by atoms with Gasteiger partial charge >= 0.3 is 6.03 Å². The Morgan fingerprint density at radius 1 is 1.26 bits per heavy atom. The minimum atomic E-state index is 0.148. The predicted molar refractivity (Wildman–Crippen MR) is 92.3 cm³/mol. The third-order valence-corrected chi connectivity index (χ3v) is 6.33. The number of hydrogen-bond donors (Lipinski definition) is 1. The van der Waals surface area contributed by atoms with Crippen LogP contribution in [0.25, 0.3) is 0 Å². The van der Waals surface area contributed by atoms with Crippen molar-refractivity contribution >= 4 is 6.03 Å². The van der Waals surface area contributed by atoms with Gasteiger partial charge in [0, 0.05) is 25.2 Å². The number of amides is 2. The molecule has 0 aromatic heterocycles. The Morgan fingerprint density at radius 3 is 2.96 bits per heavy atom. The molecule has 4 rings (SSSR count). The summed E-state index contributed by atoms with van der Waals surface area (Å²) in [6.07, 6.45) is 10.3. The standard InChI is InChI=1S/C19H31N3O/c1-13(2)20-19(23)22-9-5-6-14-10-15-11-16(18(14)22)12-21-8-4-3-7-17(15)21/h10,13,15-18H,3-9,11-12H2,1-2H3,(H,20,23)/t15?,16?,17-,18-/m1/s1. The number of fused-ring (bicyclic) bond motifs is 6. The molecule has 0 aromatic carbocycles. The lowest BCUT2D eigenvalue weighted by Gasteiger charge is -2.54. The maximum Gasteiger partial charge on any atom is 0.318 e. The maximum atomic E-state index is 12.7. The van der Waals surface area contributed by atoms with Gasteiger partial charge in [-0.1, -0.05) is 18.1 Å². The van der Waals surface area contributed by atoms with Crippen LogP contribution in [-0.4, -0.2) is 53.6 Å². The highest BCUT2D eigenvalue weighted by Crippen LogP contribution is 2.44. The number of urea groups is 1. The number of nitrogens with zero attached hydrogens (tertiary/aromatic N) is 2. The molecule has 128 valence electrons. The first kappa shape index (κ1) is 15.5. The van der Waals surface area contributed by atoms with Crippen LogP contribution in [0, 0.1) is 11.8 Å². The highest BCUT2D eigenvalue weighted by molar-refractivity contribution is 5.75. The SMILES string of the molecule is CC(C)NC(=O)N1CCCC2=CC3CC(CN4CCCC[C@H]34)[C@@H]21. The van der Waals surface area contributed by atoms with Gasteiger partial charge in [-0.2, -0.15) is 0 Å². The van der Waals surface area contributed by atoms with Gasteiger partial charge in [0.05, 0.1) is 6.04 Å². The van der Waals surface area contributed by atoms with Crippen molar-refractivity contribution < 1.29 is 4.79 Å². The molecule has 23 heavy (non-hydrogen) atoms. The monoisotopic (exact) mass is 317 g/mol. The van der Waals surface area contributed by atoms with Crippen LogP contribution in [0.5, 0.6) is 0 Å². The maximum absolute atomic E-state index is 12.7. The Bertz CT molecular complexity index is 501. The summed E-state index contributed by atoms with van der Waals surface area (Å²) in [5.41, 5.74) is 1.57. The third kappa shape index (κ3) is 2.79. The molecule has 4 aliphatic rings. The van der Waals surface area contributed by atoms with Gasteiger partial charge in [-0.05, 0) is 64.3 Å². The van der Waals surface area contributed by atoms with Gasteiger partial charge < -0.3 is 10.2 Å². The Balaban J connectivity index is 1.59. The lowest BCUT2D eigenvalue weighted by molar-refractivity contribution is 0.00776. The van der Waals surface area contributed by atoms with Crippen LogP contribution in [0.1, 0.15) is 52.4 Å². The largest absolute Gasteiger partial charge is 0.336 e. The summed E-state index contributed by atoms with van der Waals surface area (Å²) in [5.74, 6) is 1.39. The van der Waals surface area contributed by atoms with Crippen LogP contribution in [0.3, 0.4) is 0 Å². The minimum absolute atomic E-state index is 0.148. The van der Waals surface area contributed by atoms with Crippen molar-refractivity contribution in [1.29, 1.82) is 0 Å². The van der Waals surface area contributed by atoms with Crippen LogP contribution in [0.4, 0.5) is 4.79 Å². The Labute approximate surface area is 140 Å². The molecule has 0 radical (unpaired) electrons. The number of nitrogens with one attached hydrogen (secondary N) is 1. The van der Waals surface area contributed by atoms with Gasteiger partial charge in [-0.25, -0.2) is 4.79 Å². The van der Waals surface area contributed by atoms with E-state index in [4.69, 9.17) is 0 Å². The topological polar surface area (TPSA) is 35.6 Å². The Morgan fingerprint density at radius 2 is 2.13 bits per heavy atom. The molecule has 1 N–H and O–H groups in total. The van der Waals surface area contributed by atoms with Gasteiger partial charge in [-0.15, -0.1) is 0 Å². The van der Waals surface area contributed by atoms with E-state index in [1.54, 1.807) is 5.57 Å². The first-order valence-electron chi connectivity index (χ1n) is 9.65. The van der Waals surface area contributed by atoms with Crippen LogP contribution < -0.4 is 5.32 Å².